The van der Waals surface area contributed by atoms with E-state index in [0.717, 1.165) is 17.0 Å². The summed E-state index contributed by atoms with van der Waals surface area (Å²) in [5.41, 5.74) is 3.00. The van der Waals surface area contributed by atoms with E-state index >= 15 is 0 Å². The topological polar surface area (TPSA) is 64.1 Å². The molecule has 0 bridgehead atoms. The van der Waals surface area contributed by atoms with Crippen molar-refractivity contribution in [2.24, 2.45) is 0 Å². The van der Waals surface area contributed by atoms with Crippen LogP contribution in [0.3, 0.4) is 0 Å². The lowest BCUT2D eigenvalue weighted by Crippen LogP contribution is -2.28. The van der Waals surface area contributed by atoms with Crippen LogP contribution in [0.5, 0.6) is 0 Å². The standard InChI is InChI=1S/C14H14N2O2/c1-14(2)10-5-4-9(13(17)18)8-11(10)16(3)12(14)6-7-15/h4-5,8H,6H2,1-3H3/p+1. The second-order valence-corrected chi connectivity index (χ2v) is 5.00. The lowest BCUT2D eigenvalue weighted by Gasteiger charge is -2.15. The summed E-state index contributed by atoms with van der Waals surface area (Å²) in [6.07, 6.45) is 0.348. The van der Waals surface area contributed by atoms with Gasteiger partial charge in [-0.05, 0) is 19.9 Å². The van der Waals surface area contributed by atoms with Gasteiger partial charge in [-0.25, -0.2) is 9.37 Å². The summed E-state index contributed by atoms with van der Waals surface area (Å²) in [4.78, 5) is 11.0. The monoisotopic (exact) mass is 243 g/mol. The fraction of sp³-hybridized carbons (Fsp3) is 0.357. The van der Waals surface area contributed by atoms with Crippen LogP contribution in [0.2, 0.25) is 0 Å². The molecule has 0 atom stereocenters. The number of hydrogen-bond donors (Lipinski definition) is 1. The van der Waals surface area contributed by atoms with Gasteiger partial charge in [0.05, 0.1) is 17.0 Å². The predicted octanol–water partition coefficient (Wildman–Crippen LogP) is 2.30. The Bertz CT molecular complexity index is 607. The van der Waals surface area contributed by atoms with E-state index in [2.05, 4.69) is 19.9 Å². The minimum absolute atomic E-state index is 0.225. The molecule has 1 N–H and O–H groups in total. The largest absolute Gasteiger partial charge is 0.478 e. The quantitative estimate of drug-likeness (QED) is 0.810. The lowest BCUT2D eigenvalue weighted by molar-refractivity contribution is -0.403. The Hall–Kier alpha value is -2.15. The summed E-state index contributed by atoms with van der Waals surface area (Å²) in [5.74, 6) is -0.933. The molecule has 1 aliphatic heterocycles. The Morgan fingerprint density at radius 2 is 2.17 bits per heavy atom. The molecular formula is C14H15N2O2+. The Kier molecular flexibility index (Phi) is 2.70. The van der Waals surface area contributed by atoms with Crippen LogP contribution in [0, 0.1) is 11.3 Å². The minimum atomic E-state index is -0.933. The van der Waals surface area contributed by atoms with E-state index < -0.39 is 5.97 Å². The average molecular weight is 243 g/mol. The molecule has 0 fully saturated rings. The number of nitriles is 1. The Balaban J connectivity index is 2.65. The maximum Gasteiger partial charge on any atom is 0.335 e. The third-order valence-electron chi connectivity index (χ3n) is 3.65. The third kappa shape index (κ3) is 1.60. The molecular weight excluding hydrogens is 228 g/mol. The van der Waals surface area contributed by atoms with Crippen molar-refractivity contribution >= 4 is 17.4 Å². The van der Waals surface area contributed by atoms with Crippen LogP contribution in [-0.2, 0) is 5.41 Å². The predicted molar refractivity (Wildman–Crippen MR) is 67.5 cm³/mol. The summed E-state index contributed by atoms with van der Waals surface area (Å²) in [7, 11) is 1.88. The highest BCUT2D eigenvalue weighted by Gasteiger charge is 2.44. The van der Waals surface area contributed by atoms with Gasteiger partial charge in [0, 0.05) is 11.6 Å². The van der Waals surface area contributed by atoms with Crippen LogP contribution in [-0.4, -0.2) is 28.4 Å². The van der Waals surface area contributed by atoms with E-state index in [9.17, 15) is 4.79 Å². The molecule has 0 unspecified atom stereocenters. The van der Waals surface area contributed by atoms with Crippen LogP contribution in [0.15, 0.2) is 18.2 Å². The second-order valence-electron chi connectivity index (χ2n) is 5.00. The van der Waals surface area contributed by atoms with Gasteiger partial charge in [-0.1, -0.05) is 6.07 Å². The van der Waals surface area contributed by atoms with Gasteiger partial charge in [0.25, 0.3) is 0 Å². The molecule has 1 aromatic rings. The highest BCUT2D eigenvalue weighted by atomic mass is 16.4. The minimum Gasteiger partial charge on any atom is -0.478 e. The first-order valence-corrected chi connectivity index (χ1v) is 5.74. The van der Waals surface area contributed by atoms with Crippen LogP contribution in [0.25, 0.3) is 0 Å². The first kappa shape index (κ1) is 12.3. The number of fused-ring (bicyclic) bond motifs is 1. The second kappa shape index (κ2) is 3.95. The maximum absolute atomic E-state index is 11.0. The summed E-state index contributed by atoms with van der Waals surface area (Å²) in [6, 6.07) is 7.31. The Labute approximate surface area is 106 Å². The first-order valence-electron chi connectivity index (χ1n) is 5.74. The average Bonchev–Trinajstić information content (AvgIpc) is 2.51. The maximum atomic E-state index is 11.0. The van der Waals surface area contributed by atoms with Gasteiger partial charge in [0.1, 0.15) is 13.5 Å². The van der Waals surface area contributed by atoms with E-state index in [1.54, 1.807) is 12.1 Å². The number of carboxylic acid groups (broad SMARTS) is 1. The number of aromatic carboxylic acids is 1. The highest BCUT2D eigenvalue weighted by Crippen LogP contribution is 2.40. The fourth-order valence-electron chi connectivity index (χ4n) is 2.61. The molecule has 4 nitrogen and oxygen atoms in total. The SMILES string of the molecule is C[N+]1=C(CC#N)C(C)(C)c2ccc(C(=O)O)cc21. The number of carbonyl (C=O) groups is 1. The van der Waals surface area contributed by atoms with Gasteiger partial charge in [-0.3, -0.25) is 0 Å². The summed E-state index contributed by atoms with van der Waals surface area (Å²) >= 11 is 0. The molecule has 0 aromatic heterocycles. The molecule has 92 valence electrons. The van der Waals surface area contributed by atoms with Crippen molar-refractivity contribution in [3.05, 3.63) is 29.3 Å². The normalized spacial score (nSPS) is 16.3. The Morgan fingerprint density at radius 1 is 1.50 bits per heavy atom. The van der Waals surface area contributed by atoms with Crippen LogP contribution in [0.1, 0.15) is 36.2 Å². The van der Waals surface area contributed by atoms with Gasteiger partial charge in [0.15, 0.2) is 5.71 Å². The molecule has 0 saturated heterocycles. The van der Waals surface area contributed by atoms with Crippen LogP contribution < -0.4 is 0 Å². The summed E-state index contributed by atoms with van der Waals surface area (Å²) in [6.45, 7) is 4.12. The molecule has 18 heavy (non-hydrogen) atoms. The number of benzene rings is 1. The number of rotatable bonds is 2. The number of hydrogen-bond acceptors (Lipinski definition) is 2. The van der Waals surface area contributed by atoms with Crippen molar-refractivity contribution in [3.63, 3.8) is 0 Å². The van der Waals surface area contributed by atoms with Gasteiger partial charge in [-0.2, -0.15) is 5.26 Å². The molecule has 0 saturated carbocycles. The zero-order chi connectivity index (χ0) is 13.5. The van der Waals surface area contributed by atoms with Crippen LogP contribution >= 0.6 is 0 Å². The van der Waals surface area contributed by atoms with E-state index in [0.29, 0.717) is 6.42 Å². The van der Waals surface area contributed by atoms with Crippen molar-refractivity contribution in [2.75, 3.05) is 7.05 Å². The third-order valence-corrected chi connectivity index (χ3v) is 3.65. The van der Waals surface area contributed by atoms with E-state index in [1.165, 1.54) is 0 Å². The molecule has 0 amide bonds. The molecule has 1 heterocycles. The summed E-state index contributed by atoms with van der Waals surface area (Å²) in [5, 5.41) is 17.9. The smallest absolute Gasteiger partial charge is 0.335 e. The first-order chi connectivity index (χ1) is 8.39. The molecule has 1 aliphatic rings. The summed E-state index contributed by atoms with van der Waals surface area (Å²) < 4.78 is 1.94. The van der Waals surface area contributed by atoms with Crippen molar-refractivity contribution < 1.29 is 14.5 Å². The Morgan fingerprint density at radius 3 is 2.72 bits per heavy atom. The van der Waals surface area contributed by atoms with Gasteiger partial charge in [-0.15, -0.1) is 0 Å². The highest BCUT2D eigenvalue weighted by molar-refractivity contribution is 5.97. The molecule has 4 heteroatoms. The lowest BCUT2D eigenvalue weighted by atomic mass is 9.80. The van der Waals surface area contributed by atoms with E-state index in [1.807, 2.05) is 17.7 Å². The number of carboxylic acids is 1. The van der Waals surface area contributed by atoms with Gasteiger partial charge < -0.3 is 5.11 Å². The van der Waals surface area contributed by atoms with Crippen molar-refractivity contribution in [2.45, 2.75) is 25.7 Å². The van der Waals surface area contributed by atoms with Crippen molar-refractivity contribution in [3.8, 4) is 6.07 Å². The van der Waals surface area contributed by atoms with E-state index in [4.69, 9.17) is 10.4 Å². The fourth-order valence-corrected chi connectivity index (χ4v) is 2.61. The molecule has 0 radical (unpaired) electrons. The zero-order valence-corrected chi connectivity index (χ0v) is 10.7. The van der Waals surface area contributed by atoms with Gasteiger partial charge >= 0.3 is 5.97 Å². The molecule has 0 spiro atoms. The van der Waals surface area contributed by atoms with Crippen molar-refractivity contribution in [1.29, 1.82) is 5.26 Å². The van der Waals surface area contributed by atoms with Crippen LogP contribution in [0.4, 0.5) is 5.69 Å². The molecule has 1 aromatic carbocycles. The number of nitrogens with zero attached hydrogens (tertiary/aromatic N) is 2. The molecule has 2 rings (SSSR count). The van der Waals surface area contributed by atoms with E-state index in [-0.39, 0.29) is 11.0 Å². The zero-order valence-electron chi connectivity index (χ0n) is 10.7. The van der Waals surface area contributed by atoms with Gasteiger partial charge in [0.2, 0.25) is 5.69 Å². The van der Waals surface area contributed by atoms with Crippen molar-refractivity contribution in [1.82, 2.24) is 0 Å². The molecule has 0 aliphatic carbocycles.